The van der Waals surface area contributed by atoms with Crippen molar-refractivity contribution in [2.24, 2.45) is 0 Å². The molecule has 18 heavy (non-hydrogen) atoms. The van der Waals surface area contributed by atoms with Crippen LogP contribution < -0.4 is 0 Å². The third-order valence-electron chi connectivity index (χ3n) is 2.29. The fraction of sp³-hybridized carbons (Fsp3) is 0.167. The van der Waals surface area contributed by atoms with E-state index in [4.69, 9.17) is 8.60 Å². The lowest BCUT2D eigenvalue weighted by Gasteiger charge is -2.04. The molecule has 0 aliphatic carbocycles. The molecule has 0 aliphatic rings. The Kier molecular flexibility index (Phi) is 3.89. The molecule has 6 heteroatoms. The van der Waals surface area contributed by atoms with Gasteiger partial charge in [0.25, 0.3) is 10.1 Å². The molecule has 0 fully saturated rings. The zero-order chi connectivity index (χ0) is 13.2. The van der Waals surface area contributed by atoms with E-state index in [2.05, 4.69) is 15.9 Å². The first-order chi connectivity index (χ1) is 8.47. The second-order valence-corrected chi connectivity index (χ2v) is 6.29. The summed E-state index contributed by atoms with van der Waals surface area (Å²) in [6.45, 7) is 1.76. The summed E-state index contributed by atoms with van der Waals surface area (Å²) in [6, 6.07) is 8.13. The van der Waals surface area contributed by atoms with Gasteiger partial charge in [0.05, 0.1) is 9.37 Å². The molecule has 2 rings (SSSR count). The molecule has 0 saturated heterocycles. The highest BCUT2D eigenvalue weighted by Gasteiger charge is 2.15. The molecule has 1 heterocycles. The summed E-state index contributed by atoms with van der Waals surface area (Å²) in [7, 11) is -3.74. The Morgan fingerprint density at radius 2 is 1.94 bits per heavy atom. The van der Waals surface area contributed by atoms with Crippen LogP contribution in [0, 0.1) is 6.92 Å². The number of rotatable bonds is 4. The maximum absolute atomic E-state index is 11.8. The Bertz CT molecular complexity index is 628. The third kappa shape index (κ3) is 3.22. The van der Waals surface area contributed by atoms with Crippen LogP contribution in [0.4, 0.5) is 0 Å². The van der Waals surface area contributed by atoms with Gasteiger partial charge in [-0.2, -0.15) is 8.42 Å². The van der Waals surface area contributed by atoms with E-state index in [1.165, 1.54) is 18.4 Å². The van der Waals surface area contributed by atoms with Gasteiger partial charge in [0.1, 0.15) is 18.6 Å². The quantitative estimate of drug-likeness (QED) is 0.807. The number of hydrogen-bond donors (Lipinski definition) is 0. The van der Waals surface area contributed by atoms with E-state index in [0.29, 0.717) is 5.76 Å². The first-order valence-corrected chi connectivity index (χ1v) is 7.36. The zero-order valence-electron chi connectivity index (χ0n) is 9.59. The number of furan rings is 1. The second kappa shape index (κ2) is 5.26. The lowest BCUT2D eigenvalue weighted by Crippen LogP contribution is -2.06. The van der Waals surface area contributed by atoms with E-state index in [1.54, 1.807) is 18.2 Å². The molecule has 0 radical (unpaired) electrons. The molecule has 1 aromatic heterocycles. The third-order valence-corrected chi connectivity index (χ3v) is 3.98. The van der Waals surface area contributed by atoms with Gasteiger partial charge in [0.2, 0.25) is 0 Å². The topological polar surface area (TPSA) is 56.5 Å². The first-order valence-electron chi connectivity index (χ1n) is 5.16. The summed E-state index contributed by atoms with van der Waals surface area (Å²) in [5.74, 6) is 0.442. The molecular formula is C12H11BrO4S. The van der Waals surface area contributed by atoms with Crippen molar-refractivity contribution >= 4 is 26.0 Å². The van der Waals surface area contributed by atoms with Crippen molar-refractivity contribution in [3.05, 3.63) is 52.4 Å². The minimum Gasteiger partial charge on any atom is -0.466 e. The van der Waals surface area contributed by atoms with E-state index in [9.17, 15) is 8.42 Å². The summed E-state index contributed by atoms with van der Waals surface area (Å²) >= 11 is 3.21. The molecule has 0 aliphatic heterocycles. The average Bonchev–Trinajstić information content (AvgIpc) is 2.73. The molecule has 4 nitrogen and oxygen atoms in total. The largest absolute Gasteiger partial charge is 0.466 e. The van der Waals surface area contributed by atoms with Gasteiger partial charge in [-0.1, -0.05) is 17.7 Å². The van der Waals surface area contributed by atoms with Crippen molar-refractivity contribution in [1.82, 2.24) is 0 Å². The normalized spacial score (nSPS) is 11.7. The SMILES string of the molecule is Cc1ccc(S(=O)(=O)OCc2cc(Br)co2)cc1. The van der Waals surface area contributed by atoms with Gasteiger partial charge < -0.3 is 4.42 Å². The number of benzene rings is 1. The van der Waals surface area contributed by atoms with Crippen LogP contribution >= 0.6 is 15.9 Å². The number of hydrogen-bond acceptors (Lipinski definition) is 4. The molecule has 96 valence electrons. The Morgan fingerprint density at radius 3 is 2.50 bits per heavy atom. The second-order valence-electron chi connectivity index (χ2n) is 3.76. The Hall–Kier alpha value is -1.11. The van der Waals surface area contributed by atoms with Gasteiger partial charge in [-0.25, -0.2) is 0 Å². The predicted molar refractivity (Wildman–Crippen MR) is 69.6 cm³/mol. The molecule has 2 aromatic rings. The minimum absolute atomic E-state index is 0.123. The summed E-state index contributed by atoms with van der Waals surface area (Å²) in [4.78, 5) is 0.138. The summed E-state index contributed by atoms with van der Waals surface area (Å²) in [6.07, 6.45) is 1.47. The number of halogens is 1. The van der Waals surface area contributed by atoms with Crippen molar-refractivity contribution in [3.63, 3.8) is 0 Å². The van der Waals surface area contributed by atoms with Crippen LogP contribution in [0.3, 0.4) is 0 Å². The first kappa shape index (κ1) is 13.3. The van der Waals surface area contributed by atoms with Gasteiger partial charge in [-0.15, -0.1) is 0 Å². The van der Waals surface area contributed by atoms with Gasteiger partial charge in [0, 0.05) is 0 Å². The molecule has 0 N–H and O–H groups in total. The van der Waals surface area contributed by atoms with Crippen LogP contribution in [0.1, 0.15) is 11.3 Å². The van der Waals surface area contributed by atoms with Gasteiger partial charge in [0.15, 0.2) is 0 Å². The minimum atomic E-state index is -3.74. The maximum atomic E-state index is 11.8. The van der Waals surface area contributed by atoms with E-state index in [1.807, 2.05) is 6.92 Å². The predicted octanol–water partition coefficient (Wildman–Crippen LogP) is 3.26. The van der Waals surface area contributed by atoms with E-state index in [-0.39, 0.29) is 11.5 Å². The van der Waals surface area contributed by atoms with Crippen LogP contribution in [0.2, 0.25) is 0 Å². The van der Waals surface area contributed by atoms with Crippen LogP contribution in [-0.4, -0.2) is 8.42 Å². The molecule has 1 aromatic carbocycles. The highest BCUT2D eigenvalue weighted by Crippen LogP contribution is 2.18. The van der Waals surface area contributed by atoms with E-state index >= 15 is 0 Å². The summed E-state index contributed by atoms with van der Waals surface area (Å²) in [5.41, 5.74) is 0.990. The molecule has 0 unspecified atom stereocenters. The molecular weight excluding hydrogens is 320 g/mol. The molecule has 0 saturated carbocycles. The van der Waals surface area contributed by atoms with Gasteiger partial charge in [-0.05, 0) is 41.1 Å². The Labute approximate surface area is 114 Å². The van der Waals surface area contributed by atoms with Crippen LogP contribution in [-0.2, 0) is 20.9 Å². The maximum Gasteiger partial charge on any atom is 0.297 e. The van der Waals surface area contributed by atoms with Crippen molar-refractivity contribution < 1.29 is 17.0 Å². The molecule has 0 spiro atoms. The lowest BCUT2D eigenvalue weighted by atomic mass is 10.2. The summed E-state index contributed by atoms with van der Waals surface area (Å²) < 4.78 is 34.4. The lowest BCUT2D eigenvalue weighted by molar-refractivity contribution is 0.274. The fourth-order valence-electron chi connectivity index (χ4n) is 1.34. The smallest absolute Gasteiger partial charge is 0.297 e. The molecule has 0 atom stereocenters. The van der Waals surface area contributed by atoms with Crippen molar-refractivity contribution in [2.45, 2.75) is 18.4 Å². The summed E-state index contributed by atoms with van der Waals surface area (Å²) in [5, 5.41) is 0. The fourth-order valence-corrected chi connectivity index (χ4v) is 2.56. The Balaban J connectivity index is 2.10. The standard InChI is InChI=1S/C12H11BrO4S/c1-9-2-4-12(5-3-9)18(14,15)17-8-11-6-10(13)7-16-11/h2-7H,8H2,1H3. The Morgan fingerprint density at radius 1 is 1.28 bits per heavy atom. The van der Waals surface area contributed by atoms with Gasteiger partial charge >= 0.3 is 0 Å². The van der Waals surface area contributed by atoms with E-state index in [0.717, 1.165) is 10.0 Å². The molecule has 0 amide bonds. The van der Waals surface area contributed by atoms with Crippen molar-refractivity contribution in [2.75, 3.05) is 0 Å². The van der Waals surface area contributed by atoms with E-state index < -0.39 is 10.1 Å². The van der Waals surface area contributed by atoms with Crippen molar-refractivity contribution in [3.8, 4) is 0 Å². The van der Waals surface area contributed by atoms with Crippen LogP contribution in [0.5, 0.6) is 0 Å². The molecule has 0 bridgehead atoms. The van der Waals surface area contributed by atoms with Gasteiger partial charge in [-0.3, -0.25) is 4.18 Å². The van der Waals surface area contributed by atoms with Crippen molar-refractivity contribution in [1.29, 1.82) is 0 Å². The zero-order valence-corrected chi connectivity index (χ0v) is 12.0. The highest BCUT2D eigenvalue weighted by molar-refractivity contribution is 9.10. The average molecular weight is 331 g/mol. The monoisotopic (exact) mass is 330 g/mol. The number of aryl methyl sites for hydroxylation is 1. The van der Waals surface area contributed by atoms with Crippen LogP contribution in [0.15, 0.2) is 50.4 Å². The highest BCUT2D eigenvalue weighted by atomic mass is 79.9. The van der Waals surface area contributed by atoms with Crippen LogP contribution in [0.25, 0.3) is 0 Å².